The van der Waals surface area contributed by atoms with Crippen LogP contribution in [0.1, 0.15) is 11.1 Å². The number of methoxy groups -OCH3 is 1. The number of ether oxygens (including phenoxy) is 1. The zero-order valence-electron chi connectivity index (χ0n) is 11.2. The molecule has 0 unspecified atom stereocenters. The largest absolute Gasteiger partial charge is 0.496 e. The molecule has 0 aliphatic rings. The van der Waals surface area contributed by atoms with Crippen molar-refractivity contribution in [2.75, 3.05) is 7.11 Å². The summed E-state index contributed by atoms with van der Waals surface area (Å²) in [5, 5.41) is 0. The fourth-order valence-electron chi connectivity index (χ4n) is 2.10. The van der Waals surface area contributed by atoms with Crippen LogP contribution in [0.5, 0.6) is 5.75 Å². The highest BCUT2D eigenvalue weighted by Gasteiger charge is 2.38. The maximum Gasteiger partial charge on any atom is 0.420 e. The summed E-state index contributed by atoms with van der Waals surface area (Å²) in [7, 11) is 1.07. The Kier molecular flexibility index (Phi) is 4.08. The van der Waals surface area contributed by atoms with Crippen molar-refractivity contribution in [3.8, 4) is 16.9 Å². The minimum Gasteiger partial charge on any atom is -0.496 e. The van der Waals surface area contributed by atoms with E-state index in [1.54, 1.807) is 0 Å². The summed E-state index contributed by atoms with van der Waals surface area (Å²) in [6, 6.07) is 7.27. The van der Waals surface area contributed by atoms with Crippen molar-refractivity contribution in [2.24, 2.45) is 0 Å². The zero-order chi connectivity index (χ0) is 16.5. The van der Waals surface area contributed by atoms with Gasteiger partial charge in [-0.2, -0.15) is 26.3 Å². The van der Waals surface area contributed by atoms with Gasteiger partial charge in [0.1, 0.15) is 11.3 Å². The molecule has 2 aromatic rings. The molecule has 0 heterocycles. The van der Waals surface area contributed by atoms with E-state index in [1.165, 1.54) is 12.1 Å². The third-order valence-electron chi connectivity index (χ3n) is 3.03. The normalized spacial score (nSPS) is 12.3. The first-order valence-electron chi connectivity index (χ1n) is 6.06. The number of hydrogen-bond donors (Lipinski definition) is 0. The van der Waals surface area contributed by atoms with Gasteiger partial charge in [0, 0.05) is 0 Å². The monoisotopic (exact) mass is 320 g/mol. The third kappa shape index (κ3) is 3.18. The molecule has 2 aromatic carbocycles. The van der Waals surface area contributed by atoms with Gasteiger partial charge in [0.15, 0.2) is 0 Å². The van der Waals surface area contributed by atoms with Gasteiger partial charge in [-0.25, -0.2) is 0 Å². The lowest BCUT2D eigenvalue weighted by atomic mass is 9.97. The van der Waals surface area contributed by atoms with Gasteiger partial charge in [-0.15, -0.1) is 0 Å². The van der Waals surface area contributed by atoms with Crippen LogP contribution < -0.4 is 4.74 Å². The molecule has 0 aliphatic heterocycles. The molecule has 2 rings (SSSR count). The second kappa shape index (κ2) is 5.55. The van der Waals surface area contributed by atoms with E-state index in [0.717, 1.165) is 31.4 Å². The van der Waals surface area contributed by atoms with E-state index in [1.807, 2.05) is 0 Å². The van der Waals surface area contributed by atoms with Gasteiger partial charge >= 0.3 is 12.4 Å². The predicted octanol–water partition coefficient (Wildman–Crippen LogP) is 5.40. The Morgan fingerprint density at radius 3 is 2.00 bits per heavy atom. The van der Waals surface area contributed by atoms with Crippen LogP contribution in [0.2, 0.25) is 0 Å². The maximum atomic E-state index is 13.2. The van der Waals surface area contributed by atoms with E-state index in [2.05, 4.69) is 4.74 Å². The molecule has 0 saturated carbocycles. The minimum absolute atomic E-state index is 0.180. The smallest absolute Gasteiger partial charge is 0.420 e. The van der Waals surface area contributed by atoms with Gasteiger partial charge in [-0.1, -0.05) is 24.3 Å². The topological polar surface area (TPSA) is 9.23 Å². The molecule has 1 nitrogen and oxygen atoms in total. The number of benzene rings is 2. The molecule has 0 spiro atoms. The molecule has 0 radical (unpaired) electrons. The van der Waals surface area contributed by atoms with Gasteiger partial charge < -0.3 is 4.74 Å². The first kappa shape index (κ1) is 16.2. The lowest BCUT2D eigenvalue weighted by Gasteiger charge is -2.17. The highest BCUT2D eigenvalue weighted by atomic mass is 19.4. The molecule has 0 N–H and O–H groups in total. The van der Waals surface area contributed by atoms with Crippen LogP contribution in [-0.2, 0) is 12.4 Å². The lowest BCUT2D eigenvalue weighted by Crippen LogP contribution is -2.10. The molecule has 0 saturated heterocycles. The molecule has 0 fully saturated rings. The summed E-state index contributed by atoms with van der Waals surface area (Å²) in [5.74, 6) is -0.442. The zero-order valence-corrected chi connectivity index (χ0v) is 11.2. The molecule has 0 aromatic heterocycles. The van der Waals surface area contributed by atoms with Crippen molar-refractivity contribution in [1.82, 2.24) is 0 Å². The summed E-state index contributed by atoms with van der Waals surface area (Å²) in [6.07, 6.45) is -9.39. The highest BCUT2D eigenvalue weighted by molar-refractivity contribution is 5.71. The molecule has 0 amide bonds. The maximum absolute atomic E-state index is 13.2. The highest BCUT2D eigenvalue weighted by Crippen LogP contribution is 2.43. The van der Waals surface area contributed by atoms with Crippen LogP contribution in [0.4, 0.5) is 26.3 Å². The lowest BCUT2D eigenvalue weighted by molar-refractivity contribution is -0.138. The Balaban J connectivity index is 2.68. The van der Waals surface area contributed by atoms with Crippen LogP contribution in [0.3, 0.4) is 0 Å². The second-order valence-corrected chi connectivity index (χ2v) is 4.46. The summed E-state index contributed by atoms with van der Waals surface area (Å²) in [4.78, 5) is 0. The predicted molar refractivity (Wildman–Crippen MR) is 68.4 cm³/mol. The van der Waals surface area contributed by atoms with Gasteiger partial charge in [0.25, 0.3) is 0 Å². The van der Waals surface area contributed by atoms with Crippen molar-refractivity contribution < 1.29 is 31.1 Å². The molecular formula is C15H10F6O. The van der Waals surface area contributed by atoms with Gasteiger partial charge in [-0.05, 0) is 29.3 Å². The Morgan fingerprint density at radius 2 is 1.45 bits per heavy atom. The number of hydrogen-bond acceptors (Lipinski definition) is 1. The fraction of sp³-hybridized carbons (Fsp3) is 0.200. The molecular weight excluding hydrogens is 310 g/mol. The van der Waals surface area contributed by atoms with E-state index in [9.17, 15) is 26.3 Å². The Labute approximate surface area is 122 Å². The molecule has 118 valence electrons. The Hall–Kier alpha value is -2.18. The quantitative estimate of drug-likeness (QED) is 0.673. The first-order chi connectivity index (χ1) is 10.1. The summed E-state index contributed by atoms with van der Waals surface area (Å²) < 4.78 is 82.5. The molecule has 0 aliphatic carbocycles. The fourth-order valence-corrected chi connectivity index (χ4v) is 2.10. The number of halogens is 6. The van der Waals surface area contributed by atoms with Crippen molar-refractivity contribution in [1.29, 1.82) is 0 Å². The third-order valence-corrected chi connectivity index (χ3v) is 3.03. The minimum atomic E-state index is -4.75. The molecule has 0 atom stereocenters. The van der Waals surface area contributed by atoms with Gasteiger partial charge in [0.2, 0.25) is 0 Å². The van der Waals surface area contributed by atoms with Crippen LogP contribution in [0.25, 0.3) is 11.1 Å². The van der Waals surface area contributed by atoms with E-state index >= 15 is 0 Å². The van der Waals surface area contributed by atoms with Crippen LogP contribution in [0.15, 0.2) is 42.5 Å². The van der Waals surface area contributed by atoms with E-state index < -0.39 is 29.2 Å². The standard InChI is InChI=1S/C15H10F6O/c1-22-12-7-3-6-11(13(12)15(19,20)21)9-4-2-5-10(8-9)14(16,17)18/h2-8H,1H3. The van der Waals surface area contributed by atoms with Crippen LogP contribution in [0, 0.1) is 0 Å². The Bertz CT molecular complexity index is 672. The van der Waals surface area contributed by atoms with Crippen molar-refractivity contribution >= 4 is 0 Å². The molecule has 0 bridgehead atoms. The number of rotatable bonds is 2. The van der Waals surface area contributed by atoms with E-state index in [4.69, 9.17) is 0 Å². The van der Waals surface area contributed by atoms with Crippen molar-refractivity contribution in [2.45, 2.75) is 12.4 Å². The Morgan fingerprint density at radius 1 is 0.818 bits per heavy atom. The van der Waals surface area contributed by atoms with E-state index in [-0.39, 0.29) is 11.1 Å². The summed E-state index contributed by atoms with van der Waals surface area (Å²) in [6.45, 7) is 0. The van der Waals surface area contributed by atoms with Gasteiger partial charge in [-0.3, -0.25) is 0 Å². The number of alkyl halides is 6. The summed E-state index contributed by atoms with van der Waals surface area (Å²) in [5.41, 5.74) is -2.66. The average Bonchev–Trinajstić information content (AvgIpc) is 2.44. The molecule has 7 heteroatoms. The molecule has 22 heavy (non-hydrogen) atoms. The second-order valence-electron chi connectivity index (χ2n) is 4.46. The van der Waals surface area contributed by atoms with Gasteiger partial charge in [0.05, 0.1) is 12.7 Å². The van der Waals surface area contributed by atoms with E-state index in [0.29, 0.717) is 6.07 Å². The SMILES string of the molecule is COc1cccc(-c2cccc(C(F)(F)F)c2)c1C(F)(F)F. The summed E-state index contributed by atoms with van der Waals surface area (Å²) >= 11 is 0. The van der Waals surface area contributed by atoms with Crippen LogP contribution in [-0.4, -0.2) is 7.11 Å². The van der Waals surface area contributed by atoms with Crippen LogP contribution >= 0.6 is 0 Å². The first-order valence-corrected chi connectivity index (χ1v) is 6.06. The van der Waals surface area contributed by atoms with Crippen molar-refractivity contribution in [3.05, 3.63) is 53.6 Å². The van der Waals surface area contributed by atoms with Crippen molar-refractivity contribution in [3.63, 3.8) is 0 Å². The average molecular weight is 320 g/mol.